The number of hydrogen-bond donors (Lipinski definition) is 1. The van der Waals surface area contributed by atoms with Crippen molar-refractivity contribution >= 4 is 40.7 Å². The third kappa shape index (κ3) is 8.09. The highest BCUT2D eigenvalue weighted by Gasteiger charge is 2.18. The summed E-state index contributed by atoms with van der Waals surface area (Å²) in [6, 6.07) is 28.0. The molecule has 1 aliphatic rings. The minimum atomic E-state index is 0. The normalized spacial score (nSPS) is 14.3. The van der Waals surface area contributed by atoms with Crippen molar-refractivity contribution in [3.05, 3.63) is 100 Å². The van der Waals surface area contributed by atoms with Crippen molar-refractivity contribution < 1.29 is 4.74 Å². The molecular formula is C26H31BrCl2N2O. The molecule has 0 amide bonds. The van der Waals surface area contributed by atoms with E-state index in [9.17, 15) is 0 Å². The molecule has 1 heterocycles. The van der Waals surface area contributed by atoms with Crippen LogP contribution >= 0.6 is 40.7 Å². The molecular weight excluding hydrogens is 507 g/mol. The van der Waals surface area contributed by atoms with Gasteiger partial charge in [0.05, 0.1) is 4.47 Å². The van der Waals surface area contributed by atoms with Crippen LogP contribution < -0.4 is 10.1 Å². The number of rotatable bonds is 8. The molecule has 1 saturated heterocycles. The van der Waals surface area contributed by atoms with Gasteiger partial charge in [0.25, 0.3) is 0 Å². The molecule has 0 bridgehead atoms. The van der Waals surface area contributed by atoms with Gasteiger partial charge in [0.2, 0.25) is 0 Å². The predicted octanol–water partition coefficient (Wildman–Crippen LogP) is 6.63. The van der Waals surface area contributed by atoms with E-state index in [1.807, 2.05) is 18.2 Å². The first kappa shape index (κ1) is 26.7. The maximum atomic E-state index is 5.96. The average molecular weight is 538 g/mol. The van der Waals surface area contributed by atoms with Gasteiger partial charge in [-0.3, -0.25) is 4.90 Å². The van der Waals surface area contributed by atoms with Gasteiger partial charge in [-0.2, -0.15) is 0 Å². The van der Waals surface area contributed by atoms with E-state index >= 15 is 0 Å². The van der Waals surface area contributed by atoms with Gasteiger partial charge in [-0.25, -0.2) is 0 Å². The smallest absolute Gasteiger partial charge is 0.134 e. The largest absolute Gasteiger partial charge is 0.488 e. The molecule has 0 aliphatic carbocycles. The van der Waals surface area contributed by atoms with Crippen molar-refractivity contribution in [3.8, 4) is 5.75 Å². The Balaban J connectivity index is 0.00000181. The van der Waals surface area contributed by atoms with E-state index in [1.54, 1.807) is 0 Å². The van der Waals surface area contributed by atoms with Gasteiger partial charge in [0, 0.05) is 19.1 Å². The van der Waals surface area contributed by atoms with Gasteiger partial charge >= 0.3 is 0 Å². The van der Waals surface area contributed by atoms with E-state index in [0.717, 1.165) is 36.4 Å². The molecule has 4 rings (SSSR count). The Morgan fingerprint density at radius 1 is 0.812 bits per heavy atom. The van der Waals surface area contributed by atoms with Crippen LogP contribution in [0.15, 0.2) is 83.3 Å². The quantitative estimate of drug-likeness (QED) is 0.349. The Kier molecular flexibility index (Phi) is 11.6. The highest BCUT2D eigenvalue weighted by atomic mass is 79.9. The molecule has 0 spiro atoms. The first-order valence-electron chi connectivity index (χ1n) is 10.7. The van der Waals surface area contributed by atoms with Crippen LogP contribution in [0.4, 0.5) is 0 Å². The molecule has 0 unspecified atom stereocenters. The highest BCUT2D eigenvalue weighted by molar-refractivity contribution is 9.10. The van der Waals surface area contributed by atoms with Crippen molar-refractivity contribution in [1.29, 1.82) is 0 Å². The summed E-state index contributed by atoms with van der Waals surface area (Å²) in [5.74, 6) is 0.886. The van der Waals surface area contributed by atoms with Crippen LogP contribution in [0.5, 0.6) is 5.75 Å². The van der Waals surface area contributed by atoms with Gasteiger partial charge < -0.3 is 10.1 Å². The minimum absolute atomic E-state index is 0. The zero-order valence-corrected chi connectivity index (χ0v) is 21.3. The molecule has 172 valence electrons. The number of benzene rings is 3. The lowest BCUT2D eigenvalue weighted by Gasteiger charge is -2.32. The summed E-state index contributed by atoms with van der Waals surface area (Å²) in [4.78, 5) is 2.56. The second-order valence-electron chi connectivity index (χ2n) is 7.96. The lowest BCUT2D eigenvalue weighted by Crippen LogP contribution is -2.41. The molecule has 0 radical (unpaired) electrons. The highest BCUT2D eigenvalue weighted by Crippen LogP contribution is 2.27. The molecule has 1 N–H and O–H groups in total. The van der Waals surface area contributed by atoms with Crippen LogP contribution in [0.3, 0.4) is 0 Å². The fourth-order valence-corrected chi connectivity index (χ4v) is 4.45. The van der Waals surface area contributed by atoms with E-state index in [0.29, 0.717) is 12.6 Å². The second kappa shape index (κ2) is 13.9. The van der Waals surface area contributed by atoms with Gasteiger partial charge in [-0.1, -0.05) is 66.7 Å². The average Bonchev–Trinajstić information content (AvgIpc) is 2.79. The zero-order valence-electron chi connectivity index (χ0n) is 18.1. The number of nitrogens with one attached hydrogen (secondary N) is 1. The fourth-order valence-electron chi connectivity index (χ4n) is 3.91. The standard InChI is InChI=1S/C26H29BrN2O.2ClH/c27-25-17-23(11-12-26(25)30-20-22-9-5-2-6-10-22)18-28-24-13-15-29(16-14-24)19-21-7-3-1-4-8-21;;/h1-12,17,24,28H,13-16,18-20H2;2*1H. The Morgan fingerprint density at radius 2 is 1.44 bits per heavy atom. The van der Waals surface area contributed by atoms with E-state index < -0.39 is 0 Å². The summed E-state index contributed by atoms with van der Waals surface area (Å²) in [5.41, 5.74) is 3.86. The Hall–Kier alpha value is -1.56. The Labute approximate surface area is 212 Å². The number of nitrogens with zero attached hydrogens (tertiary/aromatic N) is 1. The summed E-state index contributed by atoms with van der Waals surface area (Å²) in [7, 11) is 0. The Morgan fingerprint density at radius 3 is 2.06 bits per heavy atom. The summed E-state index contributed by atoms with van der Waals surface area (Å²) >= 11 is 3.67. The van der Waals surface area contributed by atoms with Gasteiger partial charge in [0.15, 0.2) is 0 Å². The fraction of sp³-hybridized carbons (Fsp3) is 0.308. The maximum absolute atomic E-state index is 5.96. The van der Waals surface area contributed by atoms with Crippen molar-refractivity contribution in [3.63, 3.8) is 0 Å². The first-order chi connectivity index (χ1) is 14.8. The number of halogens is 3. The van der Waals surface area contributed by atoms with Crippen molar-refractivity contribution in [2.45, 2.75) is 38.6 Å². The Bertz CT molecular complexity index is 920. The lowest BCUT2D eigenvalue weighted by atomic mass is 10.0. The molecule has 3 aromatic carbocycles. The number of piperidine rings is 1. The van der Waals surface area contributed by atoms with Crippen molar-refractivity contribution in [2.75, 3.05) is 13.1 Å². The second-order valence-corrected chi connectivity index (χ2v) is 8.81. The summed E-state index contributed by atoms with van der Waals surface area (Å²) in [5, 5.41) is 3.74. The first-order valence-corrected chi connectivity index (χ1v) is 11.5. The topological polar surface area (TPSA) is 24.5 Å². The lowest BCUT2D eigenvalue weighted by molar-refractivity contribution is 0.190. The van der Waals surface area contributed by atoms with Gasteiger partial charge in [0.1, 0.15) is 12.4 Å². The molecule has 3 aromatic rings. The van der Waals surface area contributed by atoms with Crippen LogP contribution in [-0.2, 0) is 19.7 Å². The molecule has 0 atom stereocenters. The van der Waals surface area contributed by atoms with Crippen LogP contribution in [0.2, 0.25) is 0 Å². The summed E-state index contributed by atoms with van der Waals surface area (Å²) in [6.45, 7) is 4.84. The summed E-state index contributed by atoms with van der Waals surface area (Å²) < 4.78 is 6.97. The summed E-state index contributed by atoms with van der Waals surface area (Å²) in [6.07, 6.45) is 2.40. The molecule has 6 heteroatoms. The number of ether oxygens (including phenoxy) is 1. The monoisotopic (exact) mass is 536 g/mol. The number of hydrogen-bond acceptors (Lipinski definition) is 3. The van der Waals surface area contributed by atoms with Crippen molar-refractivity contribution in [2.24, 2.45) is 0 Å². The SMILES string of the molecule is Brc1cc(CNC2CCN(Cc3ccccc3)CC2)ccc1OCc1ccccc1.Cl.Cl. The molecule has 0 saturated carbocycles. The predicted molar refractivity (Wildman–Crippen MR) is 141 cm³/mol. The minimum Gasteiger partial charge on any atom is -0.488 e. The number of likely N-dealkylation sites (tertiary alicyclic amines) is 1. The van der Waals surface area contributed by atoms with Crippen LogP contribution in [0.1, 0.15) is 29.5 Å². The molecule has 32 heavy (non-hydrogen) atoms. The van der Waals surface area contributed by atoms with Crippen LogP contribution in [0, 0.1) is 0 Å². The van der Waals surface area contributed by atoms with Gasteiger partial charge in [-0.05, 0) is 70.7 Å². The molecule has 1 fully saturated rings. The maximum Gasteiger partial charge on any atom is 0.134 e. The van der Waals surface area contributed by atoms with E-state index in [2.05, 4.69) is 86.8 Å². The molecule has 1 aliphatic heterocycles. The third-order valence-electron chi connectivity index (χ3n) is 5.66. The van der Waals surface area contributed by atoms with E-state index in [-0.39, 0.29) is 24.8 Å². The van der Waals surface area contributed by atoms with Gasteiger partial charge in [-0.15, -0.1) is 24.8 Å². The van der Waals surface area contributed by atoms with E-state index in [4.69, 9.17) is 4.74 Å². The molecule has 0 aromatic heterocycles. The van der Waals surface area contributed by atoms with Crippen LogP contribution in [0.25, 0.3) is 0 Å². The zero-order chi connectivity index (χ0) is 20.6. The third-order valence-corrected chi connectivity index (χ3v) is 6.28. The van der Waals surface area contributed by atoms with Crippen LogP contribution in [-0.4, -0.2) is 24.0 Å². The molecule has 3 nitrogen and oxygen atoms in total. The van der Waals surface area contributed by atoms with E-state index in [1.165, 1.54) is 29.5 Å². The van der Waals surface area contributed by atoms with Crippen molar-refractivity contribution in [1.82, 2.24) is 10.2 Å².